The molecular formula is C12H8ClNOS. The van der Waals surface area contributed by atoms with Gasteiger partial charge >= 0.3 is 0 Å². The fourth-order valence-electron chi connectivity index (χ4n) is 1.37. The fraction of sp³-hybridized carbons (Fsp3) is 0.0833. The van der Waals surface area contributed by atoms with Gasteiger partial charge in [0.25, 0.3) is 5.91 Å². The lowest BCUT2D eigenvalue weighted by molar-refractivity contribution is 0.0963. The van der Waals surface area contributed by atoms with Crippen molar-refractivity contribution in [2.75, 3.05) is 6.54 Å². The van der Waals surface area contributed by atoms with E-state index in [1.165, 1.54) is 11.3 Å². The number of rotatable bonds is 2. The largest absolute Gasteiger partial charge is 0.340 e. The molecule has 0 atom stereocenters. The van der Waals surface area contributed by atoms with E-state index in [4.69, 9.17) is 18.0 Å². The van der Waals surface area contributed by atoms with Gasteiger partial charge in [-0.2, -0.15) is 0 Å². The normalized spacial score (nSPS) is 10.0. The highest BCUT2D eigenvalue weighted by molar-refractivity contribution is 7.21. The highest BCUT2D eigenvalue weighted by Crippen LogP contribution is 2.34. The first-order chi connectivity index (χ1) is 7.74. The Bertz CT molecular complexity index is 582. The molecule has 4 heteroatoms. The van der Waals surface area contributed by atoms with Crippen LogP contribution >= 0.6 is 22.9 Å². The number of terminal acetylenes is 1. The first-order valence-corrected chi connectivity index (χ1v) is 5.82. The van der Waals surface area contributed by atoms with Crippen LogP contribution in [0.3, 0.4) is 0 Å². The zero-order chi connectivity index (χ0) is 11.5. The van der Waals surface area contributed by atoms with Crippen molar-refractivity contribution in [1.82, 2.24) is 5.32 Å². The second-order valence-electron chi connectivity index (χ2n) is 3.13. The smallest absolute Gasteiger partial charge is 0.263 e. The first kappa shape index (κ1) is 11.0. The van der Waals surface area contributed by atoms with Gasteiger partial charge in [0.2, 0.25) is 0 Å². The second-order valence-corrected chi connectivity index (χ2v) is 4.56. The Balaban J connectivity index is 2.42. The number of halogens is 1. The minimum atomic E-state index is -0.218. The average molecular weight is 250 g/mol. The third-order valence-corrected chi connectivity index (χ3v) is 3.77. The van der Waals surface area contributed by atoms with Gasteiger partial charge in [-0.3, -0.25) is 4.79 Å². The van der Waals surface area contributed by atoms with E-state index in [9.17, 15) is 4.79 Å². The molecule has 0 saturated carbocycles. The third kappa shape index (κ3) is 1.90. The number of benzene rings is 1. The van der Waals surface area contributed by atoms with Crippen LogP contribution in [0, 0.1) is 12.3 Å². The van der Waals surface area contributed by atoms with Crippen LogP contribution in [-0.4, -0.2) is 12.5 Å². The summed E-state index contributed by atoms with van der Waals surface area (Å²) >= 11 is 7.50. The summed E-state index contributed by atoms with van der Waals surface area (Å²) in [4.78, 5) is 12.2. The molecule has 0 spiro atoms. The van der Waals surface area contributed by atoms with Gasteiger partial charge in [-0.25, -0.2) is 0 Å². The molecule has 16 heavy (non-hydrogen) atoms. The summed E-state index contributed by atoms with van der Waals surface area (Å²) in [5.74, 6) is 2.13. The maximum atomic E-state index is 11.7. The summed E-state index contributed by atoms with van der Waals surface area (Å²) in [6.45, 7) is 0.212. The Morgan fingerprint density at radius 3 is 2.94 bits per heavy atom. The molecule has 0 radical (unpaired) electrons. The van der Waals surface area contributed by atoms with Crippen LogP contribution in [-0.2, 0) is 0 Å². The van der Waals surface area contributed by atoms with Crippen LogP contribution in [0.5, 0.6) is 0 Å². The fourth-order valence-corrected chi connectivity index (χ4v) is 2.81. The number of fused-ring (bicyclic) bond motifs is 1. The summed E-state index contributed by atoms with van der Waals surface area (Å²) < 4.78 is 0.998. The van der Waals surface area contributed by atoms with Crippen LogP contribution in [0.15, 0.2) is 24.3 Å². The Morgan fingerprint density at radius 2 is 2.25 bits per heavy atom. The maximum Gasteiger partial charge on any atom is 0.263 e. The van der Waals surface area contributed by atoms with Gasteiger partial charge in [0, 0.05) is 10.1 Å². The van der Waals surface area contributed by atoms with Crippen molar-refractivity contribution in [3.63, 3.8) is 0 Å². The molecule has 2 aromatic rings. The standard InChI is InChI=1S/C12H8ClNOS/c1-2-7-14-12(15)11-10(13)8-5-3-4-6-9(8)16-11/h1,3-6H,7H2,(H,14,15). The average Bonchev–Trinajstić information content (AvgIpc) is 2.64. The lowest BCUT2D eigenvalue weighted by Gasteiger charge is -1.97. The molecule has 80 valence electrons. The second kappa shape index (κ2) is 4.56. The van der Waals surface area contributed by atoms with Crippen molar-refractivity contribution in [3.05, 3.63) is 34.2 Å². The number of carbonyl (C=O) groups excluding carboxylic acids is 1. The van der Waals surface area contributed by atoms with Crippen LogP contribution in [0.25, 0.3) is 10.1 Å². The number of amides is 1. The number of hydrogen-bond acceptors (Lipinski definition) is 2. The molecule has 0 aliphatic carbocycles. The molecule has 0 aliphatic rings. The number of nitrogens with one attached hydrogen (secondary N) is 1. The van der Waals surface area contributed by atoms with Gasteiger partial charge in [0.05, 0.1) is 11.6 Å². The molecule has 1 amide bonds. The van der Waals surface area contributed by atoms with Crippen LogP contribution in [0.4, 0.5) is 0 Å². The SMILES string of the molecule is C#CCNC(=O)c1sc2ccccc2c1Cl. The number of thiophene rings is 1. The molecule has 1 N–H and O–H groups in total. The molecule has 1 aromatic heterocycles. The van der Waals surface area contributed by atoms with E-state index in [1.807, 2.05) is 24.3 Å². The summed E-state index contributed by atoms with van der Waals surface area (Å²) in [6, 6.07) is 7.64. The minimum Gasteiger partial charge on any atom is -0.340 e. The topological polar surface area (TPSA) is 29.1 Å². The van der Waals surface area contributed by atoms with Gasteiger partial charge in [-0.15, -0.1) is 17.8 Å². The Morgan fingerprint density at radius 1 is 1.50 bits per heavy atom. The van der Waals surface area contributed by atoms with E-state index >= 15 is 0 Å². The molecule has 0 unspecified atom stereocenters. The van der Waals surface area contributed by atoms with Crippen molar-refractivity contribution >= 4 is 38.9 Å². The quantitative estimate of drug-likeness (QED) is 0.815. The predicted molar refractivity (Wildman–Crippen MR) is 68.0 cm³/mol. The van der Waals surface area contributed by atoms with E-state index in [0.717, 1.165) is 10.1 Å². The monoisotopic (exact) mass is 249 g/mol. The summed E-state index contributed by atoms with van der Waals surface area (Å²) in [7, 11) is 0. The van der Waals surface area contributed by atoms with Crippen molar-refractivity contribution < 1.29 is 4.79 Å². The summed E-state index contributed by atoms with van der Waals surface area (Å²) in [5.41, 5.74) is 0. The summed E-state index contributed by atoms with van der Waals surface area (Å²) in [5, 5.41) is 4.00. The summed E-state index contributed by atoms with van der Waals surface area (Å²) in [6.07, 6.45) is 5.07. The molecule has 0 fully saturated rings. The van der Waals surface area contributed by atoms with Crippen molar-refractivity contribution in [3.8, 4) is 12.3 Å². The zero-order valence-electron chi connectivity index (χ0n) is 8.29. The predicted octanol–water partition coefficient (Wildman–Crippen LogP) is 2.92. The molecule has 2 nitrogen and oxygen atoms in total. The molecule has 0 bridgehead atoms. The molecule has 0 saturated heterocycles. The first-order valence-electron chi connectivity index (χ1n) is 4.62. The number of hydrogen-bond donors (Lipinski definition) is 1. The van der Waals surface area contributed by atoms with E-state index < -0.39 is 0 Å². The van der Waals surface area contributed by atoms with E-state index in [1.54, 1.807) is 0 Å². The lowest BCUT2D eigenvalue weighted by Crippen LogP contribution is -2.22. The van der Waals surface area contributed by atoms with E-state index in [0.29, 0.717) is 9.90 Å². The van der Waals surface area contributed by atoms with E-state index in [2.05, 4.69) is 11.2 Å². The molecule has 1 heterocycles. The zero-order valence-corrected chi connectivity index (χ0v) is 9.86. The molecular weight excluding hydrogens is 242 g/mol. The highest BCUT2D eigenvalue weighted by Gasteiger charge is 2.15. The molecule has 0 aliphatic heterocycles. The highest BCUT2D eigenvalue weighted by atomic mass is 35.5. The van der Waals surface area contributed by atoms with Gasteiger partial charge < -0.3 is 5.32 Å². The van der Waals surface area contributed by atoms with Crippen LogP contribution < -0.4 is 5.32 Å². The van der Waals surface area contributed by atoms with Crippen LogP contribution in [0.2, 0.25) is 5.02 Å². The van der Waals surface area contributed by atoms with Gasteiger partial charge in [0.15, 0.2) is 0 Å². The Hall–Kier alpha value is -1.50. The van der Waals surface area contributed by atoms with Crippen LogP contribution in [0.1, 0.15) is 9.67 Å². The van der Waals surface area contributed by atoms with Crippen molar-refractivity contribution in [2.24, 2.45) is 0 Å². The Labute approximate surface area is 102 Å². The van der Waals surface area contributed by atoms with Crippen molar-refractivity contribution in [1.29, 1.82) is 0 Å². The van der Waals surface area contributed by atoms with E-state index in [-0.39, 0.29) is 12.5 Å². The molecule has 1 aromatic carbocycles. The molecule has 2 rings (SSSR count). The third-order valence-electron chi connectivity index (χ3n) is 2.09. The lowest BCUT2D eigenvalue weighted by atomic mass is 10.2. The Kier molecular flexibility index (Phi) is 3.14. The van der Waals surface area contributed by atoms with Gasteiger partial charge in [-0.1, -0.05) is 35.7 Å². The van der Waals surface area contributed by atoms with Crippen molar-refractivity contribution in [2.45, 2.75) is 0 Å². The minimum absolute atomic E-state index is 0.212. The van der Waals surface area contributed by atoms with Gasteiger partial charge in [0.1, 0.15) is 4.88 Å². The number of carbonyl (C=O) groups is 1. The maximum absolute atomic E-state index is 11.7. The van der Waals surface area contributed by atoms with Gasteiger partial charge in [-0.05, 0) is 6.07 Å².